The normalized spacial score (nSPS) is 16.7. The summed E-state index contributed by atoms with van der Waals surface area (Å²) in [4.78, 5) is 20.0. The lowest BCUT2D eigenvalue weighted by molar-refractivity contribution is -0.131. The average Bonchev–Trinajstić information content (AvgIpc) is 3.67. The van der Waals surface area contributed by atoms with Crippen LogP contribution >= 0.6 is 0 Å². The molecule has 0 saturated carbocycles. The topological polar surface area (TPSA) is 65.8 Å². The second-order valence-electron chi connectivity index (χ2n) is 15.2. The molecule has 5 aromatic rings. The number of amides is 1. The molecule has 10 heteroatoms. The third-order valence-corrected chi connectivity index (χ3v) is 15.0. The Morgan fingerprint density at radius 1 is 0.889 bits per heavy atom. The highest BCUT2D eigenvalue weighted by molar-refractivity contribution is 6.74. The molecule has 0 aliphatic carbocycles. The number of β-lactam (4-membered cyclic amide) rings is 1. The number of hydrogen-bond acceptors (Lipinski definition) is 5. The molecule has 282 valence electrons. The summed E-state index contributed by atoms with van der Waals surface area (Å²) in [7, 11) is -2.25. The van der Waals surface area contributed by atoms with Crippen LogP contribution in [0.4, 0.5) is 14.5 Å². The minimum Gasteiger partial charge on any atom is -0.489 e. The summed E-state index contributed by atoms with van der Waals surface area (Å²) in [6.07, 6.45) is 10.1. The summed E-state index contributed by atoms with van der Waals surface area (Å²) in [6, 6.07) is 27.7. The zero-order chi connectivity index (χ0) is 38.3. The van der Waals surface area contributed by atoms with Crippen LogP contribution in [0.15, 0.2) is 128 Å². The molecule has 54 heavy (non-hydrogen) atoms. The SMILES string of the molecule is CC(C)(C)[Si](C)(C)OC(CCC1C(=O)N(c2ccc(F)cc2)C1c1ccc(OCC=CCn2ccnc2)cc1OCc1ccccc1)c1ccc(F)cc1. The minimum atomic E-state index is -2.25. The minimum absolute atomic E-state index is 0.0514. The maximum Gasteiger partial charge on any atom is 0.233 e. The Morgan fingerprint density at radius 2 is 1.59 bits per heavy atom. The number of carbonyl (C=O) groups excluding carboxylic acids is 1. The number of aromatic nitrogens is 2. The van der Waals surface area contributed by atoms with Gasteiger partial charge in [-0.3, -0.25) is 4.79 Å². The molecule has 2 heterocycles. The molecule has 4 aromatic carbocycles. The number of allylic oxidation sites excluding steroid dienone is 1. The van der Waals surface area contributed by atoms with Gasteiger partial charge < -0.3 is 23.4 Å². The van der Waals surface area contributed by atoms with Crippen LogP contribution < -0.4 is 14.4 Å². The van der Waals surface area contributed by atoms with Crippen molar-refractivity contribution < 1.29 is 27.5 Å². The van der Waals surface area contributed by atoms with E-state index in [2.05, 4.69) is 38.8 Å². The van der Waals surface area contributed by atoms with E-state index >= 15 is 0 Å². The summed E-state index contributed by atoms with van der Waals surface area (Å²) >= 11 is 0. The van der Waals surface area contributed by atoms with E-state index in [4.69, 9.17) is 13.9 Å². The molecule has 3 unspecified atom stereocenters. The van der Waals surface area contributed by atoms with Crippen LogP contribution in [0.5, 0.6) is 11.5 Å². The zero-order valence-corrected chi connectivity index (χ0v) is 32.6. The van der Waals surface area contributed by atoms with Gasteiger partial charge in [0.1, 0.15) is 36.3 Å². The Kier molecular flexibility index (Phi) is 12.1. The van der Waals surface area contributed by atoms with Crippen LogP contribution in [0, 0.1) is 17.6 Å². The first kappa shape index (κ1) is 38.7. The van der Waals surface area contributed by atoms with Gasteiger partial charge in [-0.2, -0.15) is 0 Å². The molecule has 7 nitrogen and oxygen atoms in total. The van der Waals surface area contributed by atoms with Gasteiger partial charge in [0.25, 0.3) is 0 Å². The van der Waals surface area contributed by atoms with Crippen LogP contribution in [0.25, 0.3) is 0 Å². The van der Waals surface area contributed by atoms with Gasteiger partial charge >= 0.3 is 0 Å². The molecule has 1 fully saturated rings. The van der Waals surface area contributed by atoms with Crippen molar-refractivity contribution in [3.05, 3.63) is 156 Å². The number of imidazole rings is 1. The molecular weight excluding hydrogens is 701 g/mol. The molecule has 6 rings (SSSR count). The molecule has 0 bridgehead atoms. The molecule has 1 aliphatic rings. The maximum atomic E-state index is 14.2. The molecule has 0 spiro atoms. The zero-order valence-electron chi connectivity index (χ0n) is 31.6. The van der Waals surface area contributed by atoms with Crippen molar-refractivity contribution in [3.63, 3.8) is 0 Å². The van der Waals surface area contributed by atoms with E-state index < -0.39 is 20.3 Å². The predicted molar refractivity (Wildman–Crippen MR) is 211 cm³/mol. The number of nitrogens with zero attached hydrogens (tertiary/aromatic N) is 3. The largest absolute Gasteiger partial charge is 0.489 e. The fourth-order valence-electron chi connectivity index (χ4n) is 6.42. The van der Waals surface area contributed by atoms with E-state index in [0.717, 1.165) is 16.7 Å². The third kappa shape index (κ3) is 9.35. The summed E-state index contributed by atoms with van der Waals surface area (Å²) in [5.41, 5.74) is 3.31. The van der Waals surface area contributed by atoms with Gasteiger partial charge in [-0.05, 0) is 96.7 Å². The molecule has 1 aromatic heterocycles. The first-order chi connectivity index (χ1) is 25.9. The smallest absolute Gasteiger partial charge is 0.233 e. The van der Waals surface area contributed by atoms with E-state index in [0.29, 0.717) is 49.8 Å². The van der Waals surface area contributed by atoms with Gasteiger partial charge in [-0.25, -0.2) is 13.8 Å². The number of hydrogen-bond donors (Lipinski definition) is 0. The summed E-state index contributed by atoms with van der Waals surface area (Å²) in [6.45, 7) is 12.3. The van der Waals surface area contributed by atoms with Crippen LogP contribution in [0.2, 0.25) is 18.1 Å². The Balaban J connectivity index is 1.30. The fourth-order valence-corrected chi connectivity index (χ4v) is 7.74. The van der Waals surface area contributed by atoms with Gasteiger partial charge in [0.2, 0.25) is 5.91 Å². The first-order valence-electron chi connectivity index (χ1n) is 18.5. The van der Waals surface area contributed by atoms with Gasteiger partial charge in [-0.15, -0.1) is 0 Å². The Bertz CT molecular complexity index is 2000. The summed E-state index contributed by atoms with van der Waals surface area (Å²) in [5, 5.41) is -0.0514. The van der Waals surface area contributed by atoms with E-state index in [1.807, 2.05) is 71.4 Å². The highest BCUT2D eigenvalue weighted by Crippen LogP contribution is 2.50. The lowest BCUT2D eigenvalue weighted by atomic mass is 9.78. The Morgan fingerprint density at radius 3 is 2.26 bits per heavy atom. The number of halogens is 2. The van der Waals surface area contributed by atoms with E-state index in [1.165, 1.54) is 24.3 Å². The Labute approximate surface area is 318 Å². The summed E-state index contributed by atoms with van der Waals surface area (Å²) < 4.78 is 49.7. The van der Waals surface area contributed by atoms with Crippen molar-refractivity contribution in [2.24, 2.45) is 5.92 Å². The van der Waals surface area contributed by atoms with E-state index in [9.17, 15) is 13.6 Å². The molecule has 1 saturated heterocycles. The van der Waals surface area contributed by atoms with E-state index in [1.54, 1.807) is 41.7 Å². The average molecular weight is 750 g/mol. The molecule has 0 N–H and O–H groups in total. The highest BCUT2D eigenvalue weighted by atomic mass is 28.4. The maximum absolute atomic E-state index is 14.2. The van der Waals surface area contributed by atoms with Crippen molar-refractivity contribution in [1.82, 2.24) is 9.55 Å². The number of anilines is 1. The molecule has 0 radical (unpaired) electrons. The molecule has 1 aliphatic heterocycles. The van der Waals surface area contributed by atoms with Crippen LogP contribution in [0.3, 0.4) is 0 Å². The van der Waals surface area contributed by atoms with Gasteiger partial charge in [0.05, 0.1) is 24.4 Å². The van der Waals surface area contributed by atoms with Gasteiger partial charge in [0.15, 0.2) is 8.32 Å². The van der Waals surface area contributed by atoms with Crippen LogP contribution in [-0.4, -0.2) is 30.4 Å². The lowest BCUT2D eigenvalue weighted by Crippen LogP contribution is -2.55. The highest BCUT2D eigenvalue weighted by Gasteiger charge is 2.50. The van der Waals surface area contributed by atoms with Gasteiger partial charge in [-0.1, -0.05) is 69.3 Å². The second kappa shape index (κ2) is 16.9. The van der Waals surface area contributed by atoms with Crippen molar-refractivity contribution in [1.29, 1.82) is 0 Å². The van der Waals surface area contributed by atoms with Crippen molar-refractivity contribution in [3.8, 4) is 11.5 Å². The molecular formula is C44H49F2N3O4Si. The lowest BCUT2D eigenvalue weighted by Gasteiger charge is -2.48. The van der Waals surface area contributed by atoms with Crippen LogP contribution in [0.1, 0.15) is 62.4 Å². The van der Waals surface area contributed by atoms with Crippen molar-refractivity contribution in [2.75, 3.05) is 11.5 Å². The van der Waals surface area contributed by atoms with E-state index in [-0.39, 0.29) is 28.7 Å². The van der Waals surface area contributed by atoms with Crippen LogP contribution in [-0.2, 0) is 22.4 Å². The molecule has 3 atom stereocenters. The summed E-state index contributed by atoms with van der Waals surface area (Å²) in [5.74, 6) is 0.0593. The fraction of sp³-hybridized carbons (Fsp3) is 0.318. The Hall–Kier alpha value is -5.06. The number of rotatable bonds is 16. The number of ether oxygens (including phenoxy) is 2. The quantitative estimate of drug-likeness (QED) is 0.0571. The molecule has 1 amide bonds. The number of carbonyl (C=O) groups is 1. The van der Waals surface area contributed by atoms with Crippen molar-refractivity contribution >= 4 is 19.9 Å². The predicted octanol–water partition coefficient (Wildman–Crippen LogP) is 10.6. The van der Waals surface area contributed by atoms with Gasteiger partial charge in [0, 0.05) is 36.3 Å². The third-order valence-electron chi connectivity index (χ3n) is 10.5. The standard InChI is InChI=1S/C44H49F2N3O4Si/c1-44(2,3)54(4,5)53-40(33-13-15-34(45)16-14-33)24-23-39-42(49(43(39)50)36-19-17-35(46)18-20-36)38-22-21-37(51-28-10-9-26-48-27-25-47-31-48)29-41(38)52-30-32-11-7-6-8-12-32/h6-22,25,27,29,31,39-40,42H,23-24,26,28,30H2,1-5H3. The second-order valence-corrected chi connectivity index (χ2v) is 20.0. The van der Waals surface area contributed by atoms with Crippen molar-refractivity contribution in [2.45, 2.75) is 77.0 Å². The first-order valence-corrected chi connectivity index (χ1v) is 21.4. The number of benzene rings is 4. The monoisotopic (exact) mass is 749 g/mol.